The van der Waals surface area contributed by atoms with E-state index < -0.39 is 70.2 Å². The third kappa shape index (κ3) is 5.78. The number of hydrogen-bond acceptors (Lipinski definition) is 13. The van der Waals surface area contributed by atoms with Crippen LogP contribution in [0, 0.1) is 0 Å². The molecule has 0 unspecified atom stereocenters. The quantitative estimate of drug-likeness (QED) is 0.0483. The molecule has 1 saturated carbocycles. The smallest absolute Gasteiger partial charge is 0.410 e. The molecule has 3 heterocycles. The lowest BCUT2D eigenvalue weighted by Crippen LogP contribution is -2.74. The lowest BCUT2D eigenvalue weighted by Gasteiger charge is -2.45. The number of oxime groups is 1. The normalized spacial score (nSPS) is 24.0. The molecule has 39 heavy (non-hydrogen) atoms. The second-order valence-corrected chi connectivity index (χ2v) is 10.9. The van der Waals surface area contributed by atoms with Crippen molar-refractivity contribution in [3.63, 3.8) is 0 Å². The van der Waals surface area contributed by atoms with Crippen molar-refractivity contribution in [1.29, 1.82) is 0 Å². The highest BCUT2D eigenvalue weighted by atomic mass is 32.2. The van der Waals surface area contributed by atoms with Crippen LogP contribution in [0.4, 0.5) is 9.93 Å². The average molecular weight is 590 g/mol. The van der Waals surface area contributed by atoms with E-state index in [4.69, 9.17) is 26.8 Å². The number of aliphatic imine (C=N–C) groups is 1. The average Bonchev–Trinajstić information content (AvgIpc) is 3.39. The molecule has 9 N–H and O–H groups in total. The van der Waals surface area contributed by atoms with Crippen molar-refractivity contribution in [2.75, 3.05) is 25.4 Å². The summed E-state index contributed by atoms with van der Waals surface area (Å²) >= 11 is 0.940. The van der Waals surface area contributed by atoms with E-state index in [9.17, 15) is 37.3 Å². The fraction of sp³-hybridized carbons (Fsp3) is 0.500. The van der Waals surface area contributed by atoms with Crippen molar-refractivity contribution in [3.05, 3.63) is 11.1 Å². The Hall–Kier alpha value is -4.24. The van der Waals surface area contributed by atoms with E-state index in [1.807, 2.05) is 0 Å². The van der Waals surface area contributed by atoms with Crippen LogP contribution in [0.3, 0.4) is 0 Å². The highest BCUT2D eigenvalue weighted by Crippen LogP contribution is 2.40. The van der Waals surface area contributed by atoms with E-state index in [1.54, 1.807) is 0 Å². The molecule has 1 aliphatic carbocycles. The van der Waals surface area contributed by atoms with Crippen LogP contribution < -0.4 is 22.5 Å². The second kappa shape index (κ2) is 10.1. The maximum Gasteiger partial charge on any atom is 0.410 e. The number of carboxylic acid groups (broad SMARTS) is 1. The number of ether oxygens (including phenoxy) is 1. The Bertz CT molecular complexity index is 1370. The van der Waals surface area contributed by atoms with Gasteiger partial charge in [-0.1, -0.05) is 5.16 Å². The van der Waals surface area contributed by atoms with E-state index in [2.05, 4.69) is 20.4 Å². The number of amides is 3. The predicted octanol–water partition coefficient (Wildman–Crippen LogP) is -3.34. The Morgan fingerprint density at radius 2 is 2.03 bits per heavy atom. The summed E-state index contributed by atoms with van der Waals surface area (Å²) in [6, 6.07) is -3.00. The third-order valence-corrected chi connectivity index (χ3v) is 7.55. The minimum Gasteiger partial charge on any atom is -0.478 e. The molecule has 21 heteroatoms. The Labute approximate surface area is 223 Å². The molecule has 0 radical (unpaired) electrons. The Kier molecular flexibility index (Phi) is 7.23. The van der Waals surface area contributed by atoms with Crippen LogP contribution in [0.2, 0.25) is 0 Å². The highest BCUT2D eigenvalue weighted by molar-refractivity contribution is 7.84. The molecule has 0 bridgehead atoms. The van der Waals surface area contributed by atoms with Gasteiger partial charge in [0.05, 0.1) is 19.1 Å². The van der Waals surface area contributed by atoms with Crippen LogP contribution in [-0.4, -0.2) is 111 Å². The molecule has 3 aliphatic rings. The van der Waals surface area contributed by atoms with Gasteiger partial charge in [0.1, 0.15) is 17.8 Å². The van der Waals surface area contributed by atoms with Gasteiger partial charge in [-0.15, -0.1) is 11.3 Å². The summed E-state index contributed by atoms with van der Waals surface area (Å²) in [5, 5.41) is 16.6. The number of cyclic esters (lactones) is 1. The third-order valence-electron chi connectivity index (χ3n) is 5.92. The fourth-order valence-corrected chi connectivity index (χ4v) is 5.21. The molecule has 3 amide bonds. The maximum absolute atomic E-state index is 13.1. The SMILES string of the molecule is NC(N)=NC[C@@H]1CN(C[C@H]2[C@H](NC(=O)C(=NOC3(C(=O)O)CC3)c3csc(N)n3)C(=O)N2S(=O)(=O)O)C(=O)O1. The number of nitrogens with one attached hydrogen (secondary N) is 1. The van der Waals surface area contributed by atoms with Gasteiger partial charge in [-0.3, -0.25) is 14.1 Å². The molecule has 1 aromatic rings. The second-order valence-electron chi connectivity index (χ2n) is 8.71. The van der Waals surface area contributed by atoms with Crippen LogP contribution in [0.1, 0.15) is 18.5 Å². The number of nitrogen functional groups attached to an aromatic ring is 1. The summed E-state index contributed by atoms with van der Waals surface area (Å²) in [4.78, 5) is 63.3. The van der Waals surface area contributed by atoms with Gasteiger partial charge in [0.2, 0.25) is 5.60 Å². The Balaban J connectivity index is 1.54. The van der Waals surface area contributed by atoms with Crippen molar-refractivity contribution in [2.45, 2.75) is 36.6 Å². The van der Waals surface area contributed by atoms with E-state index >= 15 is 0 Å². The van der Waals surface area contributed by atoms with E-state index in [-0.39, 0.29) is 47.0 Å². The van der Waals surface area contributed by atoms with Crippen LogP contribution >= 0.6 is 11.3 Å². The Morgan fingerprint density at radius 3 is 2.56 bits per heavy atom. The van der Waals surface area contributed by atoms with Gasteiger partial charge >= 0.3 is 22.4 Å². The van der Waals surface area contributed by atoms with Crippen molar-refractivity contribution in [2.24, 2.45) is 21.6 Å². The van der Waals surface area contributed by atoms with Gasteiger partial charge in [-0.25, -0.2) is 23.9 Å². The molecule has 2 saturated heterocycles. The number of rotatable bonds is 11. The zero-order valence-corrected chi connectivity index (χ0v) is 21.4. The number of carboxylic acids is 1. The zero-order valence-electron chi connectivity index (χ0n) is 19.8. The standard InChI is InChI=1S/C18H23N9O10S2/c19-15(20)22-3-7-4-26(17(32)36-7)5-9-11(13(29)27(9)39(33,34)35)24-12(28)10(8-6-38-16(21)23-8)25-37-18(1-2-18)14(30)31/h6-7,9,11H,1-5H2,(H2,21,23)(H,24,28)(H,30,31)(H4,19,20,22)(H,33,34,35)/t7-,9+,11+/m1/s1. The molecular formula is C18H23N9O10S2. The summed E-state index contributed by atoms with van der Waals surface area (Å²) in [5.41, 5.74) is 13.9. The molecule has 0 aromatic carbocycles. The summed E-state index contributed by atoms with van der Waals surface area (Å²) in [6.45, 7) is -0.636. The number of aliphatic carboxylic acids is 1. The van der Waals surface area contributed by atoms with Crippen LogP contribution in [0.5, 0.6) is 0 Å². The summed E-state index contributed by atoms with van der Waals surface area (Å²) in [5.74, 6) is -3.83. The number of carbonyl (C=O) groups excluding carboxylic acids is 3. The minimum absolute atomic E-state index is 0.0443. The fourth-order valence-electron chi connectivity index (χ4n) is 3.79. The molecule has 4 rings (SSSR count). The van der Waals surface area contributed by atoms with Gasteiger partial charge in [0, 0.05) is 24.8 Å². The van der Waals surface area contributed by atoms with E-state index in [0.29, 0.717) is 0 Å². The van der Waals surface area contributed by atoms with E-state index in [0.717, 1.165) is 16.2 Å². The lowest BCUT2D eigenvalue weighted by molar-refractivity contribution is -0.153. The number of β-lactam (4-membered cyclic amide) rings is 1. The number of thiazole rings is 1. The van der Waals surface area contributed by atoms with Gasteiger partial charge in [-0.2, -0.15) is 8.42 Å². The first-order valence-corrected chi connectivity index (χ1v) is 13.3. The highest BCUT2D eigenvalue weighted by Gasteiger charge is 2.56. The topological polar surface area (TPSA) is 296 Å². The molecule has 19 nitrogen and oxygen atoms in total. The van der Waals surface area contributed by atoms with Crippen LogP contribution in [-0.2, 0) is 34.3 Å². The number of anilines is 1. The zero-order chi connectivity index (χ0) is 28.7. The first-order valence-electron chi connectivity index (χ1n) is 11.1. The molecule has 1 aromatic heterocycles. The van der Waals surface area contributed by atoms with Gasteiger partial charge in [-0.05, 0) is 0 Å². The van der Waals surface area contributed by atoms with Crippen LogP contribution in [0.15, 0.2) is 15.5 Å². The summed E-state index contributed by atoms with van der Waals surface area (Å²) in [6.07, 6.45) is -1.37. The first-order chi connectivity index (χ1) is 18.2. The summed E-state index contributed by atoms with van der Waals surface area (Å²) < 4.78 is 38.5. The molecule has 3 fully saturated rings. The van der Waals surface area contributed by atoms with Gasteiger partial charge < -0.3 is 42.1 Å². The molecule has 0 spiro atoms. The van der Waals surface area contributed by atoms with Crippen molar-refractivity contribution in [1.82, 2.24) is 19.5 Å². The molecule has 3 atom stereocenters. The largest absolute Gasteiger partial charge is 0.478 e. The lowest BCUT2D eigenvalue weighted by atomic mass is 9.97. The number of nitrogens with zero attached hydrogens (tertiary/aromatic N) is 5. The van der Waals surface area contributed by atoms with Crippen molar-refractivity contribution >= 4 is 62.3 Å². The minimum atomic E-state index is -5.08. The van der Waals surface area contributed by atoms with E-state index in [1.165, 1.54) is 5.38 Å². The molecule has 2 aliphatic heterocycles. The molecule has 212 valence electrons. The van der Waals surface area contributed by atoms with Gasteiger partial charge in [0.25, 0.3) is 11.8 Å². The van der Waals surface area contributed by atoms with Gasteiger partial charge in [0.15, 0.2) is 16.8 Å². The maximum atomic E-state index is 13.1. The number of aromatic nitrogens is 1. The number of guanidine groups is 1. The monoisotopic (exact) mass is 589 g/mol. The van der Waals surface area contributed by atoms with Crippen molar-refractivity contribution in [3.8, 4) is 0 Å². The molecular weight excluding hydrogens is 566 g/mol. The first kappa shape index (κ1) is 27.8. The van der Waals surface area contributed by atoms with Crippen molar-refractivity contribution < 1.29 is 46.8 Å². The number of carbonyl (C=O) groups is 4. The predicted molar refractivity (Wildman–Crippen MR) is 130 cm³/mol. The number of nitrogens with two attached hydrogens (primary N) is 3. The Morgan fingerprint density at radius 1 is 1.33 bits per heavy atom. The number of hydrogen-bond donors (Lipinski definition) is 6. The summed E-state index contributed by atoms with van der Waals surface area (Å²) in [7, 11) is -5.08. The van der Waals surface area contributed by atoms with Crippen LogP contribution in [0.25, 0.3) is 0 Å².